The fourth-order valence-corrected chi connectivity index (χ4v) is 2.85. The van der Waals surface area contributed by atoms with Crippen LogP contribution in [0.5, 0.6) is 11.5 Å². The van der Waals surface area contributed by atoms with Crippen LogP contribution in [0.1, 0.15) is 5.56 Å². The van der Waals surface area contributed by atoms with Crippen LogP contribution in [0.4, 0.5) is 0 Å². The minimum atomic E-state index is -0.400. The van der Waals surface area contributed by atoms with Crippen LogP contribution < -0.4 is 16.6 Å². The van der Waals surface area contributed by atoms with Crippen molar-refractivity contribution in [2.75, 3.05) is 13.1 Å². The van der Waals surface area contributed by atoms with E-state index >= 15 is 0 Å². The monoisotopic (exact) mass is 359 g/mol. The lowest BCUT2D eigenvalue weighted by molar-refractivity contribution is 0.403. The highest BCUT2D eigenvalue weighted by molar-refractivity contribution is 5.69. The third kappa shape index (κ3) is 3.21. The van der Waals surface area contributed by atoms with Crippen molar-refractivity contribution in [3.8, 4) is 11.5 Å². The molecule has 0 aliphatic carbocycles. The summed E-state index contributed by atoms with van der Waals surface area (Å²) in [4.78, 5) is 28.4. The van der Waals surface area contributed by atoms with E-state index in [0.29, 0.717) is 37.2 Å². The zero-order valence-electron chi connectivity index (χ0n) is 14.6. The van der Waals surface area contributed by atoms with Crippen LogP contribution >= 0.6 is 0 Å². The van der Waals surface area contributed by atoms with Gasteiger partial charge in [-0.2, -0.15) is 0 Å². The molecule has 2 heterocycles. The van der Waals surface area contributed by atoms with E-state index in [1.54, 1.807) is 24.0 Å². The number of nitrogens with one attached hydrogen (secondary N) is 1. The van der Waals surface area contributed by atoms with Gasteiger partial charge in [-0.05, 0) is 30.7 Å². The quantitative estimate of drug-likeness (QED) is 0.410. The topological polar surface area (TPSA) is 114 Å². The molecule has 0 radical (unpaired) electrons. The number of phenolic OH excluding ortho intramolecular Hbond substituents is 2. The lowest BCUT2D eigenvalue weighted by atomic mass is 10.1. The third-order valence-corrected chi connectivity index (χ3v) is 4.38. The predicted molar refractivity (Wildman–Crippen MR) is 96.6 cm³/mol. The highest BCUT2D eigenvalue weighted by Crippen LogP contribution is 2.24. The Balaban J connectivity index is 1.63. The zero-order valence-corrected chi connectivity index (χ0v) is 14.6. The lowest BCUT2D eigenvalue weighted by Crippen LogP contribution is -2.37. The van der Waals surface area contributed by atoms with Crippen molar-refractivity contribution in [3.63, 3.8) is 0 Å². The first-order chi connectivity index (χ1) is 12.4. The minimum absolute atomic E-state index is 0.131. The molecule has 138 valence electrons. The van der Waals surface area contributed by atoms with Gasteiger partial charge in [0, 0.05) is 27.2 Å². The van der Waals surface area contributed by atoms with E-state index in [4.69, 9.17) is 0 Å². The first-order valence-electron chi connectivity index (χ1n) is 8.22. The maximum atomic E-state index is 12.3. The fraction of sp³-hybridized carbons (Fsp3) is 0.353. The Morgan fingerprint density at radius 3 is 2.58 bits per heavy atom. The second kappa shape index (κ2) is 7.04. The SMILES string of the molecule is Cn1c(=O)c2c(ncn2CCNCCc2ccc(O)c(O)c2)n(C)c1=O. The van der Waals surface area contributed by atoms with Gasteiger partial charge in [-0.25, -0.2) is 9.78 Å². The molecule has 9 nitrogen and oxygen atoms in total. The van der Waals surface area contributed by atoms with Crippen LogP contribution in [0.15, 0.2) is 34.1 Å². The maximum absolute atomic E-state index is 12.3. The molecule has 1 aromatic carbocycles. The number of aromatic hydroxyl groups is 2. The number of phenols is 2. The van der Waals surface area contributed by atoms with Gasteiger partial charge < -0.3 is 20.1 Å². The summed E-state index contributed by atoms with van der Waals surface area (Å²) >= 11 is 0. The van der Waals surface area contributed by atoms with Gasteiger partial charge in [-0.3, -0.25) is 13.9 Å². The van der Waals surface area contributed by atoms with E-state index < -0.39 is 5.69 Å². The van der Waals surface area contributed by atoms with Crippen molar-refractivity contribution >= 4 is 11.2 Å². The summed E-state index contributed by atoms with van der Waals surface area (Å²) in [6.07, 6.45) is 2.25. The summed E-state index contributed by atoms with van der Waals surface area (Å²) in [5.74, 6) is -0.265. The number of aryl methyl sites for hydroxylation is 1. The molecule has 9 heteroatoms. The molecule has 26 heavy (non-hydrogen) atoms. The molecule has 0 saturated carbocycles. The Morgan fingerprint density at radius 2 is 1.85 bits per heavy atom. The number of hydrogen-bond donors (Lipinski definition) is 3. The van der Waals surface area contributed by atoms with Crippen LogP contribution in [0, 0.1) is 0 Å². The largest absolute Gasteiger partial charge is 0.504 e. The second-order valence-electron chi connectivity index (χ2n) is 6.14. The summed E-state index contributed by atoms with van der Waals surface area (Å²) in [6.45, 7) is 1.82. The number of hydrogen-bond acceptors (Lipinski definition) is 6. The third-order valence-electron chi connectivity index (χ3n) is 4.38. The number of aromatic nitrogens is 4. The average Bonchev–Trinajstić information content (AvgIpc) is 3.05. The number of benzene rings is 1. The minimum Gasteiger partial charge on any atom is -0.504 e. The van der Waals surface area contributed by atoms with Crippen molar-refractivity contribution in [2.24, 2.45) is 14.1 Å². The molecule has 3 aromatic rings. The first kappa shape index (κ1) is 17.7. The molecule has 2 aromatic heterocycles. The highest BCUT2D eigenvalue weighted by Gasteiger charge is 2.13. The van der Waals surface area contributed by atoms with E-state index in [0.717, 1.165) is 10.1 Å². The Kier molecular flexibility index (Phi) is 4.81. The maximum Gasteiger partial charge on any atom is 0.332 e. The first-order valence-corrected chi connectivity index (χ1v) is 8.22. The van der Waals surface area contributed by atoms with Crippen molar-refractivity contribution in [1.29, 1.82) is 0 Å². The number of imidazole rings is 1. The van der Waals surface area contributed by atoms with Gasteiger partial charge in [0.2, 0.25) is 0 Å². The number of rotatable bonds is 6. The van der Waals surface area contributed by atoms with Crippen LogP contribution in [-0.4, -0.2) is 42.0 Å². The summed E-state index contributed by atoms with van der Waals surface area (Å²) in [7, 11) is 3.04. The molecule has 0 aliphatic rings. The fourth-order valence-electron chi connectivity index (χ4n) is 2.85. The predicted octanol–water partition coefficient (Wildman–Crippen LogP) is -0.323. The average molecular weight is 359 g/mol. The Labute approximate surface area is 148 Å². The summed E-state index contributed by atoms with van der Waals surface area (Å²) in [6, 6.07) is 4.75. The Hall–Kier alpha value is -3.07. The normalized spacial score (nSPS) is 11.3. The van der Waals surface area contributed by atoms with Crippen molar-refractivity contribution in [1.82, 2.24) is 24.0 Å². The van der Waals surface area contributed by atoms with E-state index in [2.05, 4.69) is 10.3 Å². The van der Waals surface area contributed by atoms with Gasteiger partial charge in [0.05, 0.1) is 6.33 Å². The van der Waals surface area contributed by atoms with Crippen molar-refractivity contribution in [2.45, 2.75) is 13.0 Å². The standard InChI is InChI=1S/C17H21N5O4/c1-20-15-14(16(25)21(2)17(20)26)22(10-19-15)8-7-18-6-5-11-3-4-12(23)13(24)9-11/h3-4,9-10,18,23-24H,5-8H2,1-2H3. The summed E-state index contributed by atoms with van der Waals surface area (Å²) in [5.41, 5.74) is 0.922. The molecule has 0 bridgehead atoms. The van der Waals surface area contributed by atoms with Crippen LogP contribution in [0.25, 0.3) is 11.2 Å². The van der Waals surface area contributed by atoms with Gasteiger partial charge in [-0.1, -0.05) is 6.07 Å². The van der Waals surface area contributed by atoms with Crippen LogP contribution in [0.2, 0.25) is 0 Å². The molecule has 0 amide bonds. The van der Waals surface area contributed by atoms with Gasteiger partial charge in [0.15, 0.2) is 22.7 Å². The molecule has 0 aliphatic heterocycles. The van der Waals surface area contributed by atoms with Gasteiger partial charge in [0.25, 0.3) is 5.56 Å². The molecule has 3 N–H and O–H groups in total. The Morgan fingerprint density at radius 1 is 1.08 bits per heavy atom. The lowest BCUT2D eigenvalue weighted by Gasteiger charge is -2.08. The summed E-state index contributed by atoms with van der Waals surface area (Å²) < 4.78 is 4.17. The van der Waals surface area contributed by atoms with Crippen molar-refractivity contribution < 1.29 is 10.2 Å². The second-order valence-corrected chi connectivity index (χ2v) is 6.14. The van der Waals surface area contributed by atoms with E-state index in [9.17, 15) is 19.8 Å². The molecule has 0 spiro atoms. The van der Waals surface area contributed by atoms with Gasteiger partial charge in [0.1, 0.15) is 0 Å². The smallest absolute Gasteiger partial charge is 0.332 e. The molecule has 0 saturated heterocycles. The summed E-state index contributed by atoms with van der Waals surface area (Å²) in [5, 5.41) is 22.0. The number of nitrogens with zero attached hydrogens (tertiary/aromatic N) is 4. The van der Waals surface area contributed by atoms with Crippen molar-refractivity contribution in [3.05, 3.63) is 50.9 Å². The van der Waals surface area contributed by atoms with Crippen LogP contribution in [-0.2, 0) is 27.1 Å². The molecular formula is C17H21N5O4. The zero-order chi connectivity index (χ0) is 18.8. The molecule has 0 fully saturated rings. The molecule has 0 atom stereocenters. The highest BCUT2D eigenvalue weighted by atomic mass is 16.3. The van der Waals surface area contributed by atoms with Gasteiger partial charge in [-0.15, -0.1) is 0 Å². The molecular weight excluding hydrogens is 338 g/mol. The van der Waals surface area contributed by atoms with E-state index in [-0.39, 0.29) is 17.1 Å². The van der Waals surface area contributed by atoms with Gasteiger partial charge >= 0.3 is 5.69 Å². The Bertz CT molecular complexity index is 1060. The van der Waals surface area contributed by atoms with Crippen LogP contribution in [0.3, 0.4) is 0 Å². The number of fused-ring (bicyclic) bond motifs is 1. The van der Waals surface area contributed by atoms with E-state index in [1.165, 1.54) is 23.7 Å². The molecule has 3 rings (SSSR count). The van der Waals surface area contributed by atoms with E-state index in [1.807, 2.05) is 0 Å². The molecule has 0 unspecified atom stereocenters.